The number of piperazine rings is 2. The molecule has 2 aromatic carbocycles. The van der Waals surface area contributed by atoms with Gasteiger partial charge in [-0.25, -0.2) is 9.59 Å². The number of carbonyl (C=O) groups is 4. The highest BCUT2D eigenvalue weighted by atomic mass is 35.5. The molecule has 15 heteroatoms. The summed E-state index contributed by atoms with van der Waals surface area (Å²) in [4.78, 5) is 61.5. The van der Waals surface area contributed by atoms with E-state index in [0.717, 1.165) is 24.0 Å². The summed E-state index contributed by atoms with van der Waals surface area (Å²) in [6.07, 6.45) is 2.93. The molecule has 4 rings (SSSR count). The van der Waals surface area contributed by atoms with Gasteiger partial charge in [0.1, 0.15) is 6.10 Å². The Balaban J connectivity index is 0.00000523. The van der Waals surface area contributed by atoms with Gasteiger partial charge in [-0.1, -0.05) is 36.1 Å². The number of urea groups is 2. The summed E-state index contributed by atoms with van der Waals surface area (Å²) in [5.74, 6) is 11.5. The molecule has 13 nitrogen and oxygen atoms in total. The number of hydrogen-bond donors (Lipinski definition) is 3. The van der Waals surface area contributed by atoms with Crippen molar-refractivity contribution in [1.82, 2.24) is 29.4 Å². The first-order valence-electron chi connectivity index (χ1n) is 18.4. The average molecular weight is 800 g/mol. The van der Waals surface area contributed by atoms with Crippen LogP contribution in [0.15, 0.2) is 48.5 Å². The standard InChI is InChI=1S/C40H54N8O5.2ClH/c1-43(30-32-14-12-16-34(41)28-32)39(52)47-24-20-45(21-25-47)37(50)19-11-9-7-5-3-4-6-8-10-18-36(49)38(51)46-22-26-48(27-23-46)40(53)44(2)31-33-15-13-17-35(42)29-33;;/h12-17,28-29,36,49H,7-11,18-27,30-31,41-42H2,1-2H3;2*1H. The Morgan fingerprint density at radius 3 is 1.58 bits per heavy atom. The third kappa shape index (κ3) is 15.1. The lowest BCUT2D eigenvalue weighted by Gasteiger charge is -2.37. The Bertz CT molecular complexity index is 1690. The van der Waals surface area contributed by atoms with Gasteiger partial charge >= 0.3 is 12.1 Å². The summed E-state index contributed by atoms with van der Waals surface area (Å²) in [5.41, 5.74) is 14.9. The van der Waals surface area contributed by atoms with Crippen molar-refractivity contribution >= 4 is 60.1 Å². The van der Waals surface area contributed by atoms with Crippen LogP contribution < -0.4 is 11.5 Å². The molecule has 2 saturated heterocycles. The molecule has 55 heavy (non-hydrogen) atoms. The molecule has 0 saturated carbocycles. The first kappa shape index (κ1) is 46.3. The van der Waals surface area contributed by atoms with E-state index in [1.54, 1.807) is 44.7 Å². The molecule has 5 N–H and O–H groups in total. The van der Waals surface area contributed by atoms with Crippen molar-refractivity contribution < 1.29 is 24.3 Å². The maximum atomic E-state index is 12.9. The van der Waals surface area contributed by atoms with Gasteiger partial charge < -0.3 is 46.0 Å². The van der Waals surface area contributed by atoms with Gasteiger partial charge in [-0.05, 0) is 72.9 Å². The van der Waals surface area contributed by atoms with Crippen molar-refractivity contribution in [2.75, 3.05) is 77.9 Å². The predicted molar refractivity (Wildman–Crippen MR) is 220 cm³/mol. The lowest BCUT2D eigenvalue weighted by molar-refractivity contribution is -0.142. The van der Waals surface area contributed by atoms with Crippen LogP contribution in [0.4, 0.5) is 21.0 Å². The summed E-state index contributed by atoms with van der Waals surface area (Å²) in [6, 6.07) is 14.8. The zero-order chi connectivity index (χ0) is 38.2. The van der Waals surface area contributed by atoms with E-state index in [2.05, 4.69) is 23.7 Å². The van der Waals surface area contributed by atoms with Crippen molar-refractivity contribution in [2.24, 2.45) is 0 Å². The monoisotopic (exact) mass is 798 g/mol. The molecule has 300 valence electrons. The number of aliphatic hydroxyl groups excluding tert-OH is 1. The molecule has 2 aromatic rings. The number of nitrogens with zero attached hydrogens (tertiary/aromatic N) is 6. The van der Waals surface area contributed by atoms with E-state index in [1.807, 2.05) is 47.4 Å². The summed E-state index contributed by atoms with van der Waals surface area (Å²) in [5, 5.41) is 10.5. The smallest absolute Gasteiger partial charge is 0.320 e. The van der Waals surface area contributed by atoms with Crippen LogP contribution >= 0.6 is 24.8 Å². The van der Waals surface area contributed by atoms with Crippen molar-refractivity contribution in [1.29, 1.82) is 0 Å². The molecule has 2 fully saturated rings. The third-order valence-corrected chi connectivity index (χ3v) is 9.41. The van der Waals surface area contributed by atoms with E-state index in [-0.39, 0.29) is 48.7 Å². The van der Waals surface area contributed by atoms with Crippen LogP contribution in [0.3, 0.4) is 0 Å². The fourth-order valence-electron chi connectivity index (χ4n) is 6.39. The van der Waals surface area contributed by atoms with Gasteiger partial charge in [0, 0.05) is 110 Å². The number of unbranched alkanes of at least 4 members (excludes halogenated alkanes) is 3. The highest BCUT2D eigenvalue weighted by Gasteiger charge is 2.29. The second-order valence-electron chi connectivity index (χ2n) is 13.7. The number of halogens is 2. The second kappa shape index (κ2) is 23.9. The number of nitrogens with two attached hydrogens (primary N) is 2. The number of anilines is 2. The Morgan fingerprint density at radius 2 is 1.11 bits per heavy atom. The van der Waals surface area contributed by atoms with Gasteiger partial charge in [0.25, 0.3) is 5.91 Å². The van der Waals surface area contributed by atoms with Crippen molar-refractivity contribution in [3.63, 3.8) is 0 Å². The molecule has 1 unspecified atom stereocenters. The third-order valence-electron chi connectivity index (χ3n) is 9.41. The van der Waals surface area contributed by atoms with E-state index in [9.17, 15) is 24.3 Å². The topological polar surface area (TPSA) is 160 Å². The summed E-state index contributed by atoms with van der Waals surface area (Å²) >= 11 is 0. The Morgan fingerprint density at radius 1 is 0.673 bits per heavy atom. The lowest BCUT2D eigenvalue weighted by Crippen LogP contribution is -2.55. The number of rotatable bonds is 12. The van der Waals surface area contributed by atoms with Crippen LogP contribution in [-0.2, 0) is 22.7 Å². The van der Waals surface area contributed by atoms with E-state index < -0.39 is 6.10 Å². The van der Waals surface area contributed by atoms with Crippen molar-refractivity contribution in [3.05, 3.63) is 59.7 Å². The molecule has 0 bridgehead atoms. The number of nitrogen functional groups attached to an aromatic ring is 2. The van der Waals surface area contributed by atoms with E-state index in [1.165, 1.54) is 0 Å². The number of amides is 6. The number of benzene rings is 2. The van der Waals surface area contributed by atoms with Gasteiger partial charge in [0.2, 0.25) is 5.91 Å². The summed E-state index contributed by atoms with van der Waals surface area (Å²) in [6.45, 7) is 4.56. The highest BCUT2D eigenvalue weighted by Crippen LogP contribution is 2.15. The van der Waals surface area contributed by atoms with Crippen LogP contribution in [0.25, 0.3) is 0 Å². The molecule has 6 amide bonds. The number of aliphatic hydroxyl groups is 1. The largest absolute Gasteiger partial charge is 0.399 e. The second-order valence-corrected chi connectivity index (χ2v) is 13.7. The maximum Gasteiger partial charge on any atom is 0.320 e. The van der Waals surface area contributed by atoms with E-state index >= 15 is 0 Å². The van der Waals surface area contributed by atoms with E-state index in [0.29, 0.717) is 109 Å². The molecule has 0 aliphatic carbocycles. The predicted octanol–water partition coefficient (Wildman–Crippen LogP) is 3.89. The Kier molecular flexibility index (Phi) is 20.1. The van der Waals surface area contributed by atoms with Crippen LogP contribution in [-0.4, -0.2) is 131 Å². The highest BCUT2D eigenvalue weighted by molar-refractivity contribution is 5.85. The SMILES string of the molecule is CN(Cc1cccc(N)c1)C(=O)N1CCN(C(=O)CCCCC#CC#CCCCC(O)C(=O)N2CCN(C(=O)N(C)Cc3cccc(N)c3)CC2)CC1.Cl.Cl. The Hall–Kier alpha value is -4.82. The molecule has 0 spiro atoms. The fraction of sp³-hybridized carbons (Fsp3) is 0.500. The minimum absolute atomic E-state index is 0. The minimum atomic E-state index is -1.10. The molecule has 1 atom stereocenters. The van der Waals surface area contributed by atoms with Gasteiger partial charge in [-0.2, -0.15) is 0 Å². The van der Waals surface area contributed by atoms with Crippen LogP contribution in [0, 0.1) is 23.7 Å². The first-order chi connectivity index (χ1) is 25.5. The van der Waals surface area contributed by atoms with Crippen LogP contribution in [0.2, 0.25) is 0 Å². The molecular weight excluding hydrogens is 743 g/mol. The van der Waals surface area contributed by atoms with Gasteiger partial charge in [0.15, 0.2) is 0 Å². The molecule has 2 aliphatic heterocycles. The molecule has 2 heterocycles. The Labute approximate surface area is 338 Å². The molecular formula is C40H56Cl2N8O5. The molecule has 2 aliphatic rings. The molecule has 0 aromatic heterocycles. The van der Waals surface area contributed by atoms with Gasteiger partial charge in [0.05, 0.1) is 0 Å². The zero-order valence-corrected chi connectivity index (χ0v) is 33.6. The average Bonchev–Trinajstić information content (AvgIpc) is 3.16. The lowest BCUT2D eigenvalue weighted by atomic mass is 10.1. The fourth-order valence-corrected chi connectivity index (χ4v) is 6.39. The van der Waals surface area contributed by atoms with E-state index in [4.69, 9.17) is 11.5 Å². The van der Waals surface area contributed by atoms with Crippen molar-refractivity contribution in [2.45, 2.75) is 64.1 Å². The summed E-state index contributed by atoms with van der Waals surface area (Å²) < 4.78 is 0. The number of hydrogen-bond acceptors (Lipinski definition) is 7. The summed E-state index contributed by atoms with van der Waals surface area (Å²) in [7, 11) is 3.52. The number of carbonyl (C=O) groups excluding carboxylic acids is 4. The first-order valence-corrected chi connectivity index (χ1v) is 18.4. The minimum Gasteiger partial charge on any atom is -0.399 e. The van der Waals surface area contributed by atoms with Gasteiger partial charge in [-0.3, -0.25) is 9.59 Å². The van der Waals surface area contributed by atoms with Crippen LogP contribution in [0.5, 0.6) is 0 Å². The van der Waals surface area contributed by atoms with Gasteiger partial charge in [-0.15, -0.1) is 24.8 Å². The zero-order valence-electron chi connectivity index (χ0n) is 32.0. The quantitative estimate of drug-likeness (QED) is 0.167. The van der Waals surface area contributed by atoms with Crippen LogP contribution in [0.1, 0.15) is 56.1 Å². The normalized spacial score (nSPS) is 14.2. The molecule has 0 radical (unpaired) electrons. The maximum absolute atomic E-state index is 12.9. The van der Waals surface area contributed by atoms with Crippen molar-refractivity contribution in [3.8, 4) is 23.7 Å².